The normalized spacial score (nSPS) is 23.2. The van der Waals surface area contributed by atoms with Gasteiger partial charge in [0.1, 0.15) is 6.61 Å². The number of ether oxygens (including phenoxy) is 2. The van der Waals surface area contributed by atoms with Gasteiger partial charge in [0.2, 0.25) is 11.7 Å². The fourth-order valence-corrected chi connectivity index (χ4v) is 2.93. The Bertz CT molecular complexity index is 649. The van der Waals surface area contributed by atoms with Crippen LogP contribution in [0.15, 0.2) is 28.8 Å². The Hall–Kier alpha value is -2.08. The second-order valence-electron chi connectivity index (χ2n) is 5.69. The molecule has 0 amide bonds. The zero-order valence-electron chi connectivity index (χ0n) is 11.6. The Kier molecular flexibility index (Phi) is 2.85. The molecule has 21 heavy (non-hydrogen) atoms. The lowest BCUT2D eigenvalue weighted by atomic mass is 9.99. The van der Waals surface area contributed by atoms with Crippen LogP contribution in [0.3, 0.4) is 0 Å². The van der Waals surface area contributed by atoms with Gasteiger partial charge in [-0.25, -0.2) is 0 Å². The molecule has 1 aliphatic carbocycles. The molecule has 1 saturated carbocycles. The minimum Gasteiger partial charge on any atom is -0.485 e. The van der Waals surface area contributed by atoms with Crippen LogP contribution in [-0.2, 0) is 5.54 Å². The predicted octanol–water partition coefficient (Wildman–Crippen LogP) is 2.31. The van der Waals surface area contributed by atoms with Gasteiger partial charge < -0.3 is 19.7 Å². The van der Waals surface area contributed by atoms with E-state index in [4.69, 9.17) is 19.7 Å². The van der Waals surface area contributed by atoms with Crippen molar-refractivity contribution in [1.29, 1.82) is 0 Å². The van der Waals surface area contributed by atoms with Gasteiger partial charge in [0.25, 0.3) is 0 Å². The SMILES string of the molecule is NC1(c2nc(C3COc4ccccc4O3)no2)CCCC1. The van der Waals surface area contributed by atoms with Gasteiger partial charge in [-0.1, -0.05) is 30.1 Å². The highest BCUT2D eigenvalue weighted by atomic mass is 16.6. The molecular weight excluding hydrogens is 270 g/mol. The van der Waals surface area contributed by atoms with Crippen molar-refractivity contribution in [2.24, 2.45) is 5.73 Å². The van der Waals surface area contributed by atoms with Crippen LogP contribution in [0.4, 0.5) is 0 Å². The molecule has 1 aromatic heterocycles. The minimum absolute atomic E-state index is 0.359. The number of aromatic nitrogens is 2. The van der Waals surface area contributed by atoms with Gasteiger partial charge in [0.05, 0.1) is 5.54 Å². The zero-order valence-corrected chi connectivity index (χ0v) is 11.6. The minimum atomic E-state index is -0.474. The van der Waals surface area contributed by atoms with Crippen LogP contribution in [0.2, 0.25) is 0 Å². The highest BCUT2D eigenvalue weighted by Gasteiger charge is 2.38. The topological polar surface area (TPSA) is 83.4 Å². The van der Waals surface area contributed by atoms with E-state index in [0.29, 0.717) is 24.1 Å². The lowest BCUT2D eigenvalue weighted by Gasteiger charge is -2.24. The monoisotopic (exact) mass is 287 g/mol. The van der Waals surface area contributed by atoms with E-state index in [2.05, 4.69) is 10.1 Å². The number of para-hydroxylation sites is 2. The third-order valence-corrected chi connectivity index (χ3v) is 4.16. The molecule has 1 aliphatic heterocycles. The lowest BCUT2D eigenvalue weighted by molar-refractivity contribution is 0.0832. The molecule has 1 aromatic carbocycles. The first-order valence-electron chi connectivity index (χ1n) is 7.26. The van der Waals surface area contributed by atoms with E-state index in [0.717, 1.165) is 31.4 Å². The molecule has 6 heteroatoms. The smallest absolute Gasteiger partial charge is 0.246 e. The molecule has 1 fully saturated rings. The van der Waals surface area contributed by atoms with Crippen LogP contribution in [0.1, 0.15) is 43.5 Å². The summed E-state index contributed by atoms with van der Waals surface area (Å²) in [5.74, 6) is 2.45. The summed E-state index contributed by atoms with van der Waals surface area (Å²) in [6.07, 6.45) is 3.62. The van der Waals surface area contributed by atoms with Crippen LogP contribution in [0.25, 0.3) is 0 Å². The van der Waals surface area contributed by atoms with E-state index >= 15 is 0 Å². The zero-order chi connectivity index (χ0) is 14.3. The Labute approximate surface area is 122 Å². The van der Waals surface area contributed by atoms with E-state index in [1.807, 2.05) is 24.3 Å². The molecule has 0 saturated heterocycles. The number of fused-ring (bicyclic) bond motifs is 1. The maximum Gasteiger partial charge on any atom is 0.246 e. The average molecular weight is 287 g/mol. The van der Waals surface area contributed by atoms with E-state index in [1.54, 1.807) is 0 Å². The summed E-state index contributed by atoms with van der Waals surface area (Å²) in [6.45, 7) is 0.369. The Morgan fingerprint density at radius 2 is 1.90 bits per heavy atom. The summed E-state index contributed by atoms with van der Waals surface area (Å²) >= 11 is 0. The molecule has 1 unspecified atom stereocenters. The average Bonchev–Trinajstić information content (AvgIpc) is 3.17. The summed E-state index contributed by atoms with van der Waals surface area (Å²) in [7, 11) is 0. The number of nitrogens with zero attached hydrogens (tertiary/aromatic N) is 2. The lowest BCUT2D eigenvalue weighted by Crippen LogP contribution is -2.33. The molecule has 110 valence electrons. The number of nitrogens with two attached hydrogens (primary N) is 1. The third kappa shape index (κ3) is 2.15. The molecule has 6 nitrogen and oxygen atoms in total. The molecular formula is C15H17N3O3. The molecule has 0 radical (unpaired) electrons. The van der Waals surface area contributed by atoms with Crippen molar-refractivity contribution in [2.45, 2.75) is 37.3 Å². The molecule has 2 aromatic rings. The second-order valence-corrected chi connectivity index (χ2v) is 5.69. The predicted molar refractivity (Wildman–Crippen MR) is 73.9 cm³/mol. The Balaban J connectivity index is 1.57. The van der Waals surface area contributed by atoms with Crippen molar-refractivity contribution in [1.82, 2.24) is 10.1 Å². The van der Waals surface area contributed by atoms with Crippen LogP contribution in [0, 0.1) is 0 Å². The van der Waals surface area contributed by atoms with Crippen molar-refractivity contribution < 1.29 is 14.0 Å². The molecule has 2 heterocycles. The fraction of sp³-hybridized carbons (Fsp3) is 0.467. The third-order valence-electron chi connectivity index (χ3n) is 4.16. The van der Waals surface area contributed by atoms with Crippen molar-refractivity contribution in [3.05, 3.63) is 36.0 Å². The highest BCUT2D eigenvalue weighted by Crippen LogP contribution is 2.38. The number of benzene rings is 1. The van der Waals surface area contributed by atoms with E-state index in [9.17, 15) is 0 Å². The maximum atomic E-state index is 6.33. The first-order chi connectivity index (χ1) is 10.2. The Morgan fingerprint density at radius 1 is 1.14 bits per heavy atom. The molecule has 1 atom stereocenters. The van der Waals surface area contributed by atoms with Crippen molar-refractivity contribution in [3.63, 3.8) is 0 Å². The fourth-order valence-electron chi connectivity index (χ4n) is 2.93. The second kappa shape index (κ2) is 4.73. The van der Waals surface area contributed by atoms with Gasteiger partial charge in [-0.3, -0.25) is 0 Å². The number of rotatable bonds is 2. The van der Waals surface area contributed by atoms with Gasteiger partial charge in [-0.05, 0) is 25.0 Å². The molecule has 0 spiro atoms. The van der Waals surface area contributed by atoms with E-state index in [-0.39, 0.29) is 6.10 Å². The molecule has 0 bridgehead atoms. The standard InChI is InChI=1S/C15H17N3O3/c16-15(7-3-4-8-15)14-17-13(18-21-14)12-9-19-10-5-1-2-6-11(10)20-12/h1-2,5-6,12H,3-4,7-9,16H2. The first-order valence-corrected chi connectivity index (χ1v) is 7.26. The van der Waals surface area contributed by atoms with Crippen molar-refractivity contribution in [3.8, 4) is 11.5 Å². The summed E-state index contributed by atoms with van der Waals surface area (Å²) in [5, 5.41) is 4.03. The molecule has 4 rings (SSSR count). The van der Waals surface area contributed by atoms with Gasteiger partial charge in [-0.2, -0.15) is 4.98 Å². The van der Waals surface area contributed by atoms with Gasteiger partial charge in [0, 0.05) is 0 Å². The summed E-state index contributed by atoms with van der Waals surface area (Å²) in [4.78, 5) is 4.45. The van der Waals surface area contributed by atoms with Gasteiger partial charge >= 0.3 is 0 Å². The van der Waals surface area contributed by atoms with Crippen molar-refractivity contribution in [2.75, 3.05) is 6.61 Å². The van der Waals surface area contributed by atoms with Crippen LogP contribution in [-0.4, -0.2) is 16.7 Å². The number of hydrogen-bond donors (Lipinski definition) is 1. The quantitative estimate of drug-likeness (QED) is 0.912. The molecule has 2 N–H and O–H groups in total. The largest absolute Gasteiger partial charge is 0.485 e. The van der Waals surface area contributed by atoms with Crippen LogP contribution >= 0.6 is 0 Å². The first kappa shape index (κ1) is 12.6. The van der Waals surface area contributed by atoms with Gasteiger partial charge in [-0.15, -0.1) is 0 Å². The van der Waals surface area contributed by atoms with E-state index < -0.39 is 5.54 Å². The molecule has 2 aliphatic rings. The van der Waals surface area contributed by atoms with E-state index in [1.165, 1.54) is 0 Å². The summed E-state index contributed by atoms with van der Waals surface area (Å²) in [5.41, 5.74) is 5.86. The number of hydrogen-bond acceptors (Lipinski definition) is 6. The van der Waals surface area contributed by atoms with Crippen LogP contribution in [0.5, 0.6) is 11.5 Å². The van der Waals surface area contributed by atoms with Crippen molar-refractivity contribution >= 4 is 0 Å². The Morgan fingerprint density at radius 3 is 2.71 bits per heavy atom. The van der Waals surface area contributed by atoms with Crippen LogP contribution < -0.4 is 15.2 Å². The highest BCUT2D eigenvalue weighted by molar-refractivity contribution is 5.40. The summed E-state index contributed by atoms with van der Waals surface area (Å²) in [6, 6.07) is 7.55. The van der Waals surface area contributed by atoms with Gasteiger partial charge in [0.15, 0.2) is 17.6 Å². The maximum absolute atomic E-state index is 6.33. The summed E-state index contributed by atoms with van der Waals surface area (Å²) < 4.78 is 16.9.